The zero-order chi connectivity index (χ0) is 21.6. The van der Waals surface area contributed by atoms with E-state index in [9.17, 15) is 4.79 Å². The van der Waals surface area contributed by atoms with E-state index >= 15 is 0 Å². The van der Waals surface area contributed by atoms with Crippen molar-refractivity contribution < 1.29 is 14.1 Å². The smallest absolute Gasteiger partial charge is 0.273 e. The van der Waals surface area contributed by atoms with Crippen molar-refractivity contribution in [3.63, 3.8) is 0 Å². The Bertz CT molecular complexity index is 994. The number of methoxy groups -OCH3 is 1. The van der Waals surface area contributed by atoms with Crippen molar-refractivity contribution >= 4 is 5.91 Å². The third-order valence-corrected chi connectivity index (χ3v) is 6.01. The van der Waals surface area contributed by atoms with Crippen molar-refractivity contribution in [2.24, 2.45) is 5.92 Å². The quantitative estimate of drug-likeness (QED) is 0.608. The Morgan fingerprint density at radius 2 is 1.87 bits per heavy atom. The lowest BCUT2D eigenvalue weighted by Gasteiger charge is -2.37. The molecule has 1 atom stereocenters. The molecule has 1 fully saturated rings. The van der Waals surface area contributed by atoms with Crippen LogP contribution in [0.2, 0.25) is 0 Å². The Balaban J connectivity index is 1.49. The Morgan fingerprint density at radius 3 is 2.61 bits per heavy atom. The van der Waals surface area contributed by atoms with Crippen molar-refractivity contribution in [1.82, 2.24) is 15.4 Å². The molecular weight excluding hydrogens is 390 g/mol. The van der Waals surface area contributed by atoms with Crippen LogP contribution in [0.1, 0.15) is 41.9 Å². The molecule has 1 N–H and O–H groups in total. The Morgan fingerprint density at radius 1 is 1.16 bits per heavy atom. The summed E-state index contributed by atoms with van der Waals surface area (Å²) < 4.78 is 11.0. The zero-order valence-electron chi connectivity index (χ0n) is 18.1. The van der Waals surface area contributed by atoms with Crippen LogP contribution in [0.25, 0.3) is 11.3 Å². The lowest BCUT2D eigenvalue weighted by atomic mass is 9.95. The van der Waals surface area contributed by atoms with Crippen molar-refractivity contribution in [2.45, 2.75) is 25.8 Å². The molecule has 162 valence electrons. The second-order valence-corrected chi connectivity index (χ2v) is 8.13. The molecule has 6 nitrogen and oxygen atoms in total. The van der Waals surface area contributed by atoms with Gasteiger partial charge in [0.15, 0.2) is 11.5 Å². The summed E-state index contributed by atoms with van der Waals surface area (Å²) in [6.45, 7) is 4.77. The number of hydrogen-bond donors (Lipinski definition) is 1. The van der Waals surface area contributed by atoms with Gasteiger partial charge < -0.3 is 14.6 Å². The number of aromatic nitrogens is 1. The minimum Gasteiger partial charge on any atom is -0.496 e. The highest BCUT2D eigenvalue weighted by molar-refractivity contribution is 5.93. The van der Waals surface area contributed by atoms with E-state index in [2.05, 4.69) is 28.4 Å². The molecule has 1 saturated heterocycles. The molecule has 0 spiro atoms. The average Bonchev–Trinajstić information content (AvgIpc) is 3.31. The van der Waals surface area contributed by atoms with Crippen molar-refractivity contribution in [3.05, 3.63) is 71.9 Å². The van der Waals surface area contributed by atoms with Gasteiger partial charge in [0, 0.05) is 23.7 Å². The normalized spacial score (nSPS) is 16.1. The number of amides is 1. The standard InChI is InChI=1S/C25H29N3O3/c1-18-12-14-28(15-13-18)22(20-10-6-7-11-23(20)30-2)17-26-25(29)21-16-24(31-27-21)19-8-4-3-5-9-19/h3-11,16,18,22H,12-15,17H2,1-2H3,(H,26,29). The van der Waals surface area contributed by atoms with E-state index in [1.807, 2.05) is 48.5 Å². The third-order valence-electron chi connectivity index (χ3n) is 6.01. The van der Waals surface area contributed by atoms with E-state index in [4.69, 9.17) is 9.26 Å². The maximum Gasteiger partial charge on any atom is 0.273 e. The number of nitrogens with one attached hydrogen (secondary N) is 1. The number of para-hydroxylation sites is 1. The molecular formula is C25H29N3O3. The first-order valence-corrected chi connectivity index (χ1v) is 10.8. The van der Waals surface area contributed by atoms with Gasteiger partial charge in [0.1, 0.15) is 5.75 Å². The first-order valence-electron chi connectivity index (χ1n) is 10.8. The van der Waals surface area contributed by atoms with Crippen LogP contribution >= 0.6 is 0 Å². The highest BCUT2D eigenvalue weighted by atomic mass is 16.5. The Kier molecular flexibility index (Phi) is 6.67. The molecule has 2 heterocycles. The minimum absolute atomic E-state index is 0.0353. The second kappa shape index (κ2) is 9.79. The van der Waals surface area contributed by atoms with Crippen LogP contribution < -0.4 is 10.1 Å². The van der Waals surface area contributed by atoms with Crippen LogP contribution in [-0.2, 0) is 0 Å². The monoisotopic (exact) mass is 419 g/mol. The Labute approximate surface area is 183 Å². The highest BCUT2D eigenvalue weighted by Crippen LogP contribution is 2.32. The van der Waals surface area contributed by atoms with Gasteiger partial charge in [-0.2, -0.15) is 0 Å². The van der Waals surface area contributed by atoms with Crippen LogP contribution in [0.15, 0.2) is 65.2 Å². The third kappa shape index (κ3) is 4.97. The van der Waals surface area contributed by atoms with Gasteiger partial charge in [0.2, 0.25) is 0 Å². The van der Waals surface area contributed by atoms with Gasteiger partial charge in [0.05, 0.1) is 13.2 Å². The van der Waals surface area contributed by atoms with Crippen LogP contribution in [-0.4, -0.2) is 42.7 Å². The molecule has 1 aliphatic heterocycles. The first kappa shape index (κ1) is 21.1. The number of nitrogens with zero attached hydrogens (tertiary/aromatic N) is 2. The fourth-order valence-corrected chi connectivity index (χ4v) is 4.12. The van der Waals surface area contributed by atoms with E-state index < -0.39 is 0 Å². The number of benzene rings is 2. The lowest BCUT2D eigenvalue weighted by molar-refractivity contribution is 0.0902. The number of likely N-dealkylation sites (tertiary alicyclic amines) is 1. The van der Waals surface area contributed by atoms with Gasteiger partial charge in [-0.15, -0.1) is 0 Å². The minimum atomic E-state index is -0.240. The molecule has 0 aliphatic carbocycles. The van der Waals surface area contributed by atoms with E-state index in [0.29, 0.717) is 12.3 Å². The topological polar surface area (TPSA) is 67.6 Å². The van der Waals surface area contributed by atoms with E-state index in [0.717, 1.165) is 48.7 Å². The van der Waals surface area contributed by atoms with Crippen molar-refractivity contribution in [3.8, 4) is 17.1 Å². The summed E-state index contributed by atoms with van der Waals surface area (Å²) in [6, 6.07) is 19.4. The molecule has 1 unspecified atom stereocenters. The molecule has 4 rings (SSSR count). The molecule has 0 saturated carbocycles. The van der Waals surface area contributed by atoms with Crippen LogP contribution in [0, 0.1) is 5.92 Å². The summed E-state index contributed by atoms with van der Waals surface area (Å²) in [7, 11) is 1.69. The predicted octanol–water partition coefficient (Wildman–Crippen LogP) is 4.55. The molecule has 0 bridgehead atoms. The zero-order valence-corrected chi connectivity index (χ0v) is 18.1. The summed E-state index contributed by atoms with van der Waals surface area (Å²) in [4.78, 5) is 15.3. The SMILES string of the molecule is COc1ccccc1C(CNC(=O)c1cc(-c2ccccc2)on1)N1CCC(C)CC1. The number of carbonyl (C=O) groups is 1. The molecule has 6 heteroatoms. The molecule has 1 aromatic heterocycles. The first-order chi connectivity index (χ1) is 15.2. The molecule has 1 aliphatic rings. The maximum absolute atomic E-state index is 12.8. The van der Waals surface area contributed by atoms with Crippen LogP contribution in [0.3, 0.4) is 0 Å². The summed E-state index contributed by atoms with van der Waals surface area (Å²) in [5, 5.41) is 7.04. The number of carbonyl (C=O) groups excluding carboxylic acids is 1. The fourth-order valence-electron chi connectivity index (χ4n) is 4.12. The molecule has 31 heavy (non-hydrogen) atoms. The Hall–Kier alpha value is -3.12. The number of hydrogen-bond acceptors (Lipinski definition) is 5. The second-order valence-electron chi connectivity index (χ2n) is 8.13. The molecule has 3 aromatic rings. The highest BCUT2D eigenvalue weighted by Gasteiger charge is 2.27. The number of piperidine rings is 1. The molecule has 1 amide bonds. The average molecular weight is 420 g/mol. The summed E-state index contributed by atoms with van der Waals surface area (Å²) in [5.74, 6) is 1.91. The van der Waals surface area contributed by atoms with Crippen molar-refractivity contribution in [1.29, 1.82) is 0 Å². The van der Waals surface area contributed by atoms with Crippen LogP contribution in [0.4, 0.5) is 0 Å². The van der Waals surface area contributed by atoms with Gasteiger partial charge in [-0.3, -0.25) is 9.69 Å². The number of rotatable bonds is 7. The predicted molar refractivity (Wildman–Crippen MR) is 120 cm³/mol. The van der Waals surface area contributed by atoms with Gasteiger partial charge in [-0.1, -0.05) is 60.6 Å². The van der Waals surface area contributed by atoms with Gasteiger partial charge >= 0.3 is 0 Å². The molecule has 2 aromatic carbocycles. The van der Waals surface area contributed by atoms with Gasteiger partial charge in [0.25, 0.3) is 5.91 Å². The van der Waals surface area contributed by atoms with Gasteiger partial charge in [-0.05, 0) is 37.9 Å². The maximum atomic E-state index is 12.8. The molecule has 0 radical (unpaired) electrons. The largest absolute Gasteiger partial charge is 0.496 e. The number of ether oxygens (including phenoxy) is 1. The van der Waals surface area contributed by atoms with E-state index in [-0.39, 0.29) is 17.6 Å². The fraction of sp³-hybridized carbons (Fsp3) is 0.360. The summed E-state index contributed by atoms with van der Waals surface area (Å²) >= 11 is 0. The summed E-state index contributed by atoms with van der Waals surface area (Å²) in [5.41, 5.74) is 2.26. The van der Waals surface area contributed by atoms with Crippen LogP contribution in [0.5, 0.6) is 5.75 Å². The van der Waals surface area contributed by atoms with E-state index in [1.165, 1.54) is 0 Å². The van der Waals surface area contributed by atoms with E-state index in [1.54, 1.807) is 13.2 Å². The van der Waals surface area contributed by atoms with Crippen molar-refractivity contribution in [2.75, 3.05) is 26.7 Å². The lowest BCUT2D eigenvalue weighted by Crippen LogP contribution is -2.42. The van der Waals surface area contributed by atoms with Gasteiger partial charge in [-0.25, -0.2) is 0 Å². The summed E-state index contributed by atoms with van der Waals surface area (Å²) in [6.07, 6.45) is 2.31.